The molecule has 0 amide bonds. The Labute approximate surface area is 199 Å². The van der Waals surface area contributed by atoms with Gasteiger partial charge in [0.15, 0.2) is 0 Å². The molecule has 0 aliphatic carbocycles. The highest BCUT2D eigenvalue weighted by Crippen LogP contribution is 2.34. The van der Waals surface area contributed by atoms with E-state index >= 15 is 0 Å². The number of hydrogen-bond donors (Lipinski definition) is 0. The van der Waals surface area contributed by atoms with Crippen molar-refractivity contribution in [3.05, 3.63) is 106 Å². The smallest absolute Gasteiger partial charge is 0.0724 e. The number of benzene rings is 3. The van der Waals surface area contributed by atoms with Crippen LogP contribution in [0.5, 0.6) is 0 Å². The van der Waals surface area contributed by atoms with Crippen LogP contribution in [0, 0.1) is 11.3 Å². The van der Waals surface area contributed by atoms with Crippen molar-refractivity contribution in [1.82, 2.24) is 4.98 Å². The molecule has 0 saturated carbocycles. The lowest BCUT2D eigenvalue weighted by atomic mass is 10.0. The first-order valence-electron chi connectivity index (χ1n) is 11.3. The molecule has 0 saturated heterocycles. The maximum atomic E-state index is 9.02. The Kier molecular flexibility index (Phi) is 6.11. The average molecular weight is 450 g/mol. The molecule has 162 valence electrons. The molecule has 0 radical (unpaired) electrons. The van der Waals surface area contributed by atoms with Gasteiger partial charge in [-0.05, 0) is 65.4 Å². The molecule has 0 spiro atoms. The number of nitrogens with zero attached hydrogens (tertiary/aromatic N) is 3. The zero-order valence-electron chi connectivity index (χ0n) is 18.3. The monoisotopic (exact) mass is 449 g/mol. The van der Waals surface area contributed by atoms with Gasteiger partial charge in [-0.15, -0.1) is 0 Å². The Balaban J connectivity index is 1.35. The van der Waals surface area contributed by atoms with Gasteiger partial charge in [-0.25, -0.2) is 4.98 Å². The Morgan fingerprint density at radius 1 is 1.00 bits per heavy atom. The first-order valence-corrected chi connectivity index (χ1v) is 11.6. The van der Waals surface area contributed by atoms with Crippen LogP contribution < -0.4 is 4.90 Å². The fourth-order valence-electron chi connectivity index (χ4n) is 4.57. The van der Waals surface area contributed by atoms with E-state index in [9.17, 15) is 0 Å². The maximum Gasteiger partial charge on any atom is 0.0724 e. The largest absolute Gasteiger partial charge is 0.366 e. The van der Waals surface area contributed by atoms with Gasteiger partial charge < -0.3 is 4.90 Å². The van der Waals surface area contributed by atoms with E-state index in [0.29, 0.717) is 11.4 Å². The topological polar surface area (TPSA) is 39.9 Å². The van der Waals surface area contributed by atoms with Gasteiger partial charge in [0.2, 0.25) is 0 Å². The van der Waals surface area contributed by atoms with Gasteiger partial charge in [0.1, 0.15) is 0 Å². The first-order chi connectivity index (χ1) is 16.2. The van der Waals surface area contributed by atoms with Crippen LogP contribution in [-0.2, 0) is 19.4 Å². The molecule has 0 unspecified atom stereocenters. The number of para-hydroxylation sites is 1. The lowest BCUT2D eigenvalue weighted by molar-refractivity contribution is 0.829. The molecular weight excluding hydrogens is 426 g/mol. The van der Waals surface area contributed by atoms with Gasteiger partial charge in [-0.3, -0.25) is 0 Å². The highest BCUT2D eigenvalue weighted by atomic mass is 35.5. The van der Waals surface area contributed by atoms with Crippen LogP contribution in [-0.4, -0.2) is 11.5 Å². The summed E-state index contributed by atoms with van der Waals surface area (Å²) in [5, 5.41) is 10.8. The minimum Gasteiger partial charge on any atom is -0.366 e. The van der Waals surface area contributed by atoms with Crippen LogP contribution in [0.25, 0.3) is 23.1 Å². The van der Waals surface area contributed by atoms with E-state index in [2.05, 4.69) is 65.6 Å². The van der Waals surface area contributed by atoms with E-state index in [-0.39, 0.29) is 0 Å². The lowest BCUT2D eigenvalue weighted by Gasteiger charge is -2.22. The minimum atomic E-state index is 0.555. The van der Waals surface area contributed by atoms with Gasteiger partial charge in [-0.1, -0.05) is 66.2 Å². The molecular formula is C29H24ClN3. The van der Waals surface area contributed by atoms with Crippen molar-refractivity contribution in [3.8, 4) is 6.07 Å². The number of anilines is 1. The third kappa shape index (κ3) is 4.77. The molecule has 4 aromatic rings. The highest BCUT2D eigenvalue weighted by Gasteiger charge is 2.22. The van der Waals surface area contributed by atoms with Crippen LogP contribution in [0.15, 0.2) is 72.8 Å². The van der Waals surface area contributed by atoms with Crippen molar-refractivity contribution < 1.29 is 0 Å². The predicted molar refractivity (Wildman–Crippen MR) is 137 cm³/mol. The van der Waals surface area contributed by atoms with Crippen LogP contribution in [0.1, 0.15) is 34.4 Å². The molecule has 33 heavy (non-hydrogen) atoms. The van der Waals surface area contributed by atoms with Crippen molar-refractivity contribution >= 4 is 40.3 Å². The summed E-state index contributed by atoms with van der Waals surface area (Å²) in [5.74, 6) is 0. The van der Waals surface area contributed by atoms with Crippen LogP contribution in [0.2, 0.25) is 5.02 Å². The first kappa shape index (κ1) is 21.2. The molecule has 5 rings (SSSR count). The van der Waals surface area contributed by atoms with E-state index in [1.165, 1.54) is 22.4 Å². The molecule has 4 heteroatoms. The number of rotatable bonds is 6. The Hall–Kier alpha value is -3.61. The maximum absolute atomic E-state index is 9.02. The second kappa shape index (κ2) is 9.48. The molecule has 0 fully saturated rings. The van der Waals surface area contributed by atoms with Gasteiger partial charge >= 0.3 is 0 Å². The Morgan fingerprint density at radius 3 is 2.79 bits per heavy atom. The zero-order chi connectivity index (χ0) is 22.6. The Bertz CT molecular complexity index is 1380. The van der Waals surface area contributed by atoms with Gasteiger partial charge in [0, 0.05) is 35.6 Å². The summed E-state index contributed by atoms with van der Waals surface area (Å²) >= 11 is 6.12. The van der Waals surface area contributed by atoms with Gasteiger partial charge in [0.05, 0.1) is 17.3 Å². The Morgan fingerprint density at radius 2 is 1.88 bits per heavy atom. The quantitative estimate of drug-likeness (QED) is 0.316. The van der Waals surface area contributed by atoms with Crippen LogP contribution in [0.4, 0.5) is 5.69 Å². The second-order valence-corrected chi connectivity index (χ2v) is 8.84. The van der Waals surface area contributed by atoms with E-state index in [1.54, 1.807) is 0 Å². The fourth-order valence-corrected chi connectivity index (χ4v) is 4.73. The zero-order valence-corrected chi connectivity index (χ0v) is 19.1. The standard InChI is InChI=1S/C29H24ClN3/c30-26-12-10-23-11-14-27(32-28(23)19-26)13-9-21-4-1-5-22(18-21)20-33-17-15-25-7-2-6-24(29(25)33)8-3-16-31/h1-2,4-7,9-14,18-19H,3,8,15,17,20H2. The third-order valence-corrected chi connectivity index (χ3v) is 6.36. The van der Waals surface area contributed by atoms with E-state index in [4.69, 9.17) is 21.8 Å². The summed E-state index contributed by atoms with van der Waals surface area (Å²) < 4.78 is 0. The summed E-state index contributed by atoms with van der Waals surface area (Å²) in [7, 11) is 0. The molecule has 3 nitrogen and oxygen atoms in total. The molecule has 0 N–H and O–H groups in total. The summed E-state index contributed by atoms with van der Waals surface area (Å²) in [4.78, 5) is 7.17. The molecule has 1 aromatic heterocycles. The van der Waals surface area contributed by atoms with Crippen LogP contribution >= 0.6 is 11.6 Å². The SMILES string of the molecule is N#CCCc1cccc2c1N(Cc1cccc(C=Cc3ccc4ccc(Cl)cc4n3)c1)CC2. The van der Waals surface area contributed by atoms with Gasteiger partial charge in [-0.2, -0.15) is 5.26 Å². The number of halogens is 1. The van der Waals surface area contributed by atoms with Gasteiger partial charge in [0.25, 0.3) is 0 Å². The van der Waals surface area contributed by atoms with Crippen molar-refractivity contribution in [1.29, 1.82) is 5.26 Å². The highest BCUT2D eigenvalue weighted by molar-refractivity contribution is 6.31. The van der Waals surface area contributed by atoms with E-state index in [0.717, 1.165) is 48.1 Å². The molecule has 1 aliphatic heterocycles. The molecule has 0 atom stereocenters. The summed E-state index contributed by atoms with van der Waals surface area (Å²) in [6.45, 7) is 1.88. The molecule has 0 bridgehead atoms. The second-order valence-electron chi connectivity index (χ2n) is 8.41. The number of hydrogen-bond acceptors (Lipinski definition) is 3. The lowest BCUT2D eigenvalue weighted by Crippen LogP contribution is -2.20. The summed E-state index contributed by atoms with van der Waals surface area (Å²) in [6, 6.07) is 27.3. The predicted octanol–water partition coefficient (Wildman–Crippen LogP) is 7.08. The minimum absolute atomic E-state index is 0.555. The fraction of sp³-hybridized carbons (Fsp3) is 0.172. The molecule has 2 heterocycles. The van der Waals surface area contributed by atoms with Crippen molar-refractivity contribution in [2.75, 3.05) is 11.4 Å². The normalized spacial score (nSPS) is 12.9. The number of aryl methyl sites for hydroxylation is 1. The van der Waals surface area contributed by atoms with E-state index in [1.807, 2.05) is 30.3 Å². The molecule has 1 aliphatic rings. The average Bonchev–Trinajstić information content (AvgIpc) is 3.24. The van der Waals surface area contributed by atoms with Crippen molar-refractivity contribution in [2.24, 2.45) is 0 Å². The number of pyridine rings is 1. The van der Waals surface area contributed by atoms with Crippen molar-refractivity contribution in [3.63, 3.8) is 0 Å². The number of fused-ring (bicyclic) bond motifs is 2. The summed E-state index contributed by atoms with van der Waals surface area (Å²) in [6.07, 6.45) is 6.58. The molecule has 3 aromatic carbocycles. The van der Waals surface area contributed by atoms with Crippen molar-refractivity contribution in [2.45, 2.75) is 25.8 Å². The number of aromatic nitrogens is 1. The third-order valence-electron chi connectivity index (χ3n) is 6.12. The van der Waals surface area contributed by atoms with E-state index < -0.39 is 0 Å². The summed E-state index contributed by atoms with van der Waals surface area (Å²) in [5.41, 5.74) is 8.24. The number of nitriles is 1. The van der Waals surface area contributed by atoms with Crippen LogP contribution in [0.3, 0.4) is 0 Å².